The summed E-state index contributed by atoms with van der Waals surface area (Å²) >= 11 is 1.01. The van der Waals surface area contributed by atoms with Crippen molar-refractivity contribution in [3.63, 3.8) is 0 Å². The fourth-order valence-corrected chi connectivity index (χ4v) is 4.73. The van der Waals surface area contributed by atoms with Crippen molar-refractivity contribution in [1.82, 2.24) is 9.38 Å². The van der Waals surface area contributed by atoms with Gasteiger partial charge in [-0.05, 0) is 37.1 Å². The van der Waals surface area contributed by atoms with Crippen LogP contribution in [0.5, 0.6) is 0 Å². The number of nitrogens with zero attached hydrogens (tertiary/aromatic N) is 2. The van der Waals surface area contributed by atoms with E-state index in [4.69, 9.17) is 9.47 Å². The smallest absolute Gasteiger partial charge is 0.348 e. The molecule has 0 aliphatic heterocycles. The minimum absolute atomic E-state index is 0.0117. The summed E-state index contributed by atoms with van der Waals surface area (Å²) in [6.07, 6.45) is 4.21. The molecule has 0 saturated heterocycles. The number of pyridine rings is 1. The van der Waals surface area contributed by atoms with Crippen molar-refractivity contribution in [1.29, 1.82) is 0 Å². The maximum Gasteiger partial charge on any atom is 0.348 e. The molecule has 4 aromatic rings. The summed E-state index contributed by atoms with van der Waals surface area (Å²) in [5.74, 6) is -1.51. The highest BCUT2D eigenvalue weighted by molar-refractivity contribution is 7.18. The maximum absolute atomic E-state index is 12.8. The van der Waals surface area contributed by atoms with Crippen LogP contribution < -0.4 is 5.32 Å². The lowest BCUT2D eigenvalue weighted by Gasteiger charge is -2.06. The lowest BCUT2D eigenvalue weighted by molar-refractivity contribution is -0.115. The first kappa shape index (κ1) is 24.2. The number of hydrogen-bond donors (Lipinski definition) is 1. The van der Waals surface area contributed by atoms with Gasteiger partial charge >= 0.3 is 11.9 Å². The Balaban J connectivity index is 1.49. The highest BCUT2D eigenvalue weighted by atomic mass is 32.1. The third-order valence-electron chi connectivity index (χ3n) is 5.29. The Hall–Kier alpha value is -3.98. The third kappa shape index (κ3) is 5.75. The van der Waals surface area contributed by atoms with Crippen molar-refractivity contribution in [3.05, 3.63) is 88.2 Å². The van der Waals surface area contributed by atoms with Gasteiger partial charge in [0.25, 0.3) is 0 Å². The first-order chi connectivity index (χ1) is 17.0. The molecule has 35 heavy (non-hydrogen) atoms. The number of carbonyl (C=O) groups excluding carboxylic acids is 3. The molecule has 0 radical (unpaired) electrons. The molecule has 8 nitrogen and oxygen atoms in total. The average molecular weight is 492 g/mol. The van der Waals surface area contributed by atoms with Crippen LogP contribution in [0.15, 0.2) is 60.9 Å². The van der Waals surface area contributed by atoms with Gasteiger partial charge in [0, 0.05) is 18.8 Å². The second-order valence-corrected chi connectivity index (χ2v) is 8.80. The van der Waals surface area contributed by atoms with E-state index in [0.29, 0.717) is 17.7 Å². The molecular formula is C26H25N3O5S. The molecule has 0 aliphatic carbocycles. The molecule has 4 rings (SSSR count). The van der Waals surface area contributed by atoms with E-state index >= 15 is 0 Å². The van der Waals surface area contributed by atoms with Gasteiger partial charge in [0.05, 0.1) is 30.9 Å². The summed E-state index contributed by atoms with van der Waals surface area (Å²) in [7, 11) is 0. The van der Waals surface area contributed by atoms with E-state index in [1.165, 1.54) is 0 Å². The molecule has 0 unspecified atom stereocenters. The Kier molecular flexibility index (Phi) is 7.57. The fourth-order valence-electron chi connectivity index (χ4n) is 3.62. The summed E-state index contributed by atoms with van der Waals surface area (Å²) < 4.78 is 12.4. The largest absolute Gasteiger partial charge is 0.462 e. The highest BCUT2D eigenvalue weighted by Gasteiger charge is 2.27. The Bertz CT molecular complexity index is 1330. The number of nitrogens with one attached hydrogen (secondary N) is 1. The number of anilines is 1. The minimum Gasteiger partial charge on any atom is -0.462 e. The number of thiophene rings is 1. The fraction of sp³-hybridized carbons (Fsp3) is 0.231. The van der Waals surface area contributed by atoms with Crippen molar-refractivity contribution >= 4 is 39.8 Å². The van der Waals surface area contributed by atoms with E-state index in [1.807, 2.05) is 59.1 Å². The van der Waals surface area contributed by atoms with Gasteiger partial charge in [-0.25, -0.2) is 14.6 Å². The lowest BCUT2D eigenvalue weighted by atomic mass is 10.1. The molecule has 1 N–H and O–H groups in total. The number of esters is 2. The van der Waals surface area contributed by atoms with Crippen LogP contribution in [0.1, 0.15) is 43.8 Å². The van der Waals surface area contributed by atoms with Gasteiger partial charge in [0.2, 0.25) is 5.91 Å². The van der Waals surface area contributed by atoms with Gasteiger partial charge in [0.15, 0.2) is 0 Å². The van der Waals surface area contributed by atoms with Gasteiger partial charge < -0.3 is 19.2 Å². The van der Waals surface area contributed by atoms with E-state index in [1.54, 1.807) is 20.0 Å². The average Bonchev–Trinajstić information content (AvgIpc) is 3.39. The quantitative estimate of drug-likeness (QED) is 0.347. The molecule has 3 aromatic heterocycles. The van der Waals surface area contributed by atoms with Crippen LogP contribution in [-0.4, -0.2) is 40.4 Å². The van der Waals surface area contributed by atoms with Crippen LogP contribution in [0.25, 0.3) is 5.65 Å². The summed E-state index contributed by atoms with van der Waals surface area (Å²) in [4.78, 5) is 42.9. The second kappa shape index (κ2) is 11.0. The van der Waals surface area contributed by atoms with Crippen molar-refractivity contribution in [3.8, 4) is 0 Å². The van der Waals surface area contributed by atoms with Crippen LogP contribution in [0.4, 0.5) is 5.00 Å². The van der Waals surface area contributed by atoms with Gasteiger partial charge in [-0.15, -0.1) is 11.3 Å². The molecule has 1 aromatic carbocycles. The number of aromatic nitrogens is 2. The zero-order valence-electron chi connectivity index (χ0n) is 19.4. The van der Waals surface area contributed by atoms with Crippen molar-refractivity contribution in [2.24, 2.45) is 0 Å². The van der Waals surface area contributed by atoms with Crippen LogP contribution in [0.2, 0.25) is 0 Å². The van der Waals surface area contributed by atoms with E-state index in [9.17, 15) is 14.4 Å². The Morgan fingerprint density at radius 2 is 1.80 bits per heavy atom. The Morgan fingerprint density at radius 1 is 1.03 bits per heavy atom. The van der Waals surface area contributed by atoms with E-state index in [2.05, 4.69) is 10.3 Å². The van der Waals surface area contributed by atoms with E-state index in [-0.39, 0.29) is 41.0 Å². The first-order valence-electron chi connectivity index (χ1n) is 11.2. The van der Waals surface area contributed by atoms with Crippen LogP contribution in [0.3, 0.4) is 0 Å². The normalized spacial score (nSPS) is 10.8. The molecule has 0 atom stereocenters. The molecule has 0 fully saturated rings. The third-order valence-corrected chi connectivity index (χ3v) is 6.47. The van der Waals surface area contributed by atoms with Gasteiger partial charge in [-0.1, -0.05) is 36.4 Å². The Morgan fingerprint density at radius 3 is 2.54 bits per heavy atom. The number of carbonyl (C=O) groups is 3. The van der Waals surface area contributed by atoms with Crippen LogP contribution in [0, 0.1) is 6.92 Å². The molecule has 0 saturated carbocycles. The molecule has 0 bridgehead atoms. The number of benzene rings is 1. The SMILES string of the molecule is CCOC(=O)c1c(NC(=O)Cc2cn3ccccc3n2)sc(C(=O)OCCc2ccccc2)c1C. The summed E-state index contributed by atoms with van der Waals surface area (Å²) in [6.45, 7) is 3.71. The number of ether oxygens (including phenoxy) is 2. The van der Waals surface area contributed by atoms with Crippen LogP contribution >= 0.6 is 11.3 Å². The number of rotatable bonds is 9. The topological polar surface area (TPSA) is 99.0 Å². The molecule has 180 valence electrons. The number of imidazole rings is 1. The molecular weight excluding hydrogens is 466 g/mol. The van der Waals surface area contributed by atoms with E-state index in [0.717, 1.165) is 22.5 Å². The van der Waals surface area contributed by atoms with Crippen molar-refractivity contribution in [2.45, 2.75) is 26.7 Å². The first-order valence-corrected chi connectivity index (χ1v) is 12.0. The minimum atomic E-state index is -0.604. The standard InChI is InChI=1S/C26H25N3O5S/c1-3-33-25(31)22-17(2)23(26(32)34-14-12-18-9-5-4-6-10-18)35-24(22)28-21(30)15-19-16-29-13-8-7-11-20(29)27-19/h4-11,13,16H,3,12,14-15H2,1-2H3,(H,28,30). The van der Waals surface area contributed by atoms with E-state index < -0.39 is 11.9 Å². The van der Waals surface area contributed by atoms with Crippen molar-refractivity contribution in [2.75, 3.05) is 18.5 Å². The monoisotopic (exact) mass is 491 g/mol. The van der Waals surface area contributed by atoms with Gasteiger partial charge in [0.1, 0.15) is 15.5 Å². The van der Waals surface area contributed by atoms with Crippen molar-refractivity contribution < 1.29 is 23.9 Å². The number of amides is 1. The number of fused-ring (bicyclic) bond motifs is 1. The lowest BCUT2D eigenvalue weighted by Crippen LogP contribution is -2.16. The molecule has 0 spiro atoms. The number of hydrogen-bond acceptors (Lipinski definition) is 7. The molecule has 0 aliphatic rings. The zero-order chi connectivity index (χ0) is 24.8. The predicted octanol–water partition coefficient (Wildman–Crippen LogP) is 4.46. The summed E-state index contributed by atoms with van der Waals surface area (Å²) in [6, 6.07) is 15.3. The zero-order valence-corrected chi connectivity index (χ0v) is 20.3. The van der Waals surface area contributed by atoms with Gasteiger partial charge in [-0.2, -0.15) is 0 Å². The summed E-state index contributed by atoms with van der Waals surface area (Å²) in [5.41, 5.74) is 2.95. The maximum atomic E-state index is 12.8. The Labute approximate surface area is 206 Å². The molecule has 9 heteroatoms. The van der Waals surface area contributed by atoms with Gasteiger partial charge in [-0.3, -0.25) is 4.79 Å². The summed E-state index contributed by atoms with van der Waals surface area (Å²) in [5, 5.41) is 3.02. The van der Waals surface area contributed by atoms with Crippen LogP contribution in [-0.2, 0) is 27.1 Å². The predicted molar refractivity (Wildman–Crippen MR) is 133 cm³/mol. The molecule has 3 heterocycles. The molecule has 1 amide bonds. The highest BCUT2D eigenvalue weighted by Crippen LogP contribution is 2.34. The second-order valence-electron chi connectivity index (χ2n) is 7.78.